The summed E-state index contributed by atoms with van der Waals surface area (Å²) in [6.07, 6.45) is 1.76. The zero-order valence-corrected chi connectivity index (χ0v) is 18.9. The summed E-state index contributed by atoms with van der Waals surface area (Å²) in [5.41, 5.74) is 1.41. The molecule has 0 amide bonds. The first kappa shape index (κ1) is 23.6. The van der Waals surface area contributed by atoms with Crippen molar-refractivity contribution in [1.29, 1.82) is 0 Å². The predicted octanol–water partition coefficient (Wildman–Crippen LogP) is 4.33. The van der Waals surface area contributed by atoms with Crippen molar-refractivity contribution in [1.82, 2.24) is 15.6 Å². The number of methoxy groups -OCH3 is 1. The third-order valence-electron chi connectivity index (χ3n) is 4.33. The number of aliphatic imine (C=N–C) groups is 1. The lowest BCUT2D eigenvalue weighted by Crippen LogP contribution is -2.36. The number of rotatable bonds is 7. The lowest BCUT2D eigenvalue weighted by molar-refractivity contribution is -0.0504. The second-order valence-electron chi connectivity index (χ2n) is 6.11. The SMILES string of the molecule is CN=C(NCc1cc(OC)ccc1OC(F)F)NCc1nccc2ccccc12.I. The molecule has 0 aliphatic carbocycles. The highest BCUT2D eigenvalue weighted by molar-refractivity contribution is 14.0. The zero-order chi connectivity index (χ0) is 20.6. The van der Waals surface area contributed by atoms with Gasteiger partial charge in [0.1, 0.15) is 11.5 Å². The van der Waals surface area contributed by atoms with Gasteiger partial charge in [0.25, 0.3) is 0 Å². The Morgan fingerprint density at radius 1 is 1.10 bits per heavy atom. The van der Waals surface area contributed by atoms with Gasteiger partial charge >= 0.3 is 6.61 Å². The number of halogens is 3. The average Bonchev–Trinajstić information content (AvgIpc) is 2.74. The molecule has 0 radical (unpaired) electrons. The molecule has 1 aromatic heterocycles. The van der Waals surface area contributed by atoms with Crippen LogP contribution in [0.2, 0.25) is 0 Å². The molecule has 0 saturated carbocycles. The van der Waals surface area contributed by atoms with Crippen molar-refractivity contribution in [3.63, 3.8) is 0 Å². The third kappa shape index (κ3) is 6.15. The van der Waals surface area contributed by atoms with E-state index in [0.29, 0.717) is 23.8 Å². The van der Waals surface area contributed by atoms with Crippen molar-refractivity contribution >= 4 is 40.7 Å². The predicted molar refractivity (Wildman–Crippen MR) is 124 cm³/mol. The van der Waals surface area contributed by atoms with Gasteiger partial charge in [0.2, 0.25) is 0 Å². The van der Waals surface area contributed by atoms with Crippen molar-refractivity contribution in [3.8, 4) is 11.5 Å². The molecule has 3 aromatic rings. The van der Waals surface area contributed by atoms with E-state index in [0.717, 1.165) is 16.5 Å². The smallest absolute Gasteiger partial charge is 0.387 e. The minimum atomic E-state index is -2.91. The van der Waals surface area contributed by atoms with Gasteiger partial charge in [0.15, 0.2) is 5.96 Å². The van der Waals surface area contributed by atoms with Crippen LogP contribution in [0, 0.1) is 0 Å². The zero-order valence-electron chi connectivity index (χ0n) is 16.6. The number of nitrogens with one attached hydrogen (secondary N) is 2. The van der Waals surface area contributed by atoms with Crippen molar-refractivity contribution < 1.29 is 18.3 Å². The second-order valence-corrected chi connectivity index (χ2v) is 6.11. The van der Waals surface area contributed by atoms with E-state index in [-0.39, 0.29) is 36.3 Å². The van der Waals surface area contributed by atoms with Crippen LogP contribution in [0.5, 0.6) is 11.5 Å². The Labute approximate surface area is 190 Å². The first-order valence-corrected chi connectivity index (χ1v) is 8.99. The summed E-state index contributed by atoms with van der Waals surface area (Å²) in [6.45, 7) is -2.22. The summed E-state index contributed by atoms with van der Waals surface area (Å²) in [7, 11) is 3.14. The first-order valence-electron chi connectivity index (χ1n) is 8.99. The maximum absolute atomic E-state index is 12.7. The molecule has 2 aromatic carbocycles. The van der Waals surface area contributed by atoms with E-state index < -0.39 is 6.61 Å². The van der Waals surface area contributed by atoms with E-state index in [2.05, 4.69) is 25.3 Å². The van der Waals surface area contributed by atoms with Gasteiger partial charge in [0.05, 0.1) is 19.3 Å². The minimum absolute atomic E-state index is 0. The first-order chi connectivity index (χ1) is 14.1. The summed E-state index contributed by atoms with van der Waals surface area (Å²) in [4.78, 5) is 8.61. The van der Waals surface area contributed by atoms with E-state index in [9.17, 15) is 8.78 Å². The number of benzene rings is 2. The number of aromatic nitrogens is 1. The van der Waals surface area contributed by atoms with Gasteiger partial charge in [-0.1, -0.05) is 24.3 Å². The largest absolute Gasteiger partial charge is 0.497 e. The summed E-state index contributed by atoms with van der Waals surface area (Å²) in [5.74, 6) is 1.14. The highest BCUT2D eigenvalue weighted by Crippen LogP contribution is 2.25. The van der Waals surface area contributed by atoms with Crippen molar-refractivity contribution in [2.45, 2.75) is 19.7 Å². The number of hydrogen-bond acceptors (Lipinski definition) is 4. The molecule has 1 heterocycles. The van der Waals surface area contributed by atoms with E-state index in [1.165, 1.54) is 13.2 Å². The van der Waals surface area contributed by atoms with Crippen LogP contribution in [0.25, 0.3) is 10.8 Å². The van der Waals surface area contributed by atoms with Crippen LogP contribution in [0.15, 0.2) is 59.7 Å². The van der Waals surface area contributed by atoms with E-state index in [1.807, 2.05) is 30.3 Å². The molecule has 0 aliphatic heterocycles. The molecule has 0 fully saturated rings. The third-order valence-corrected chi connectivity index (χ3v) is 4.33. The van der Waals surface area contributed by atoms with Crippen LogP contribution in [0.4, 0.5) is 8.78 Å². The van der Waals surface area contributed by atoms with Gasteiger partial charge in [-0.25, -0.2) is 0 Å². The molecular formula is C21H23F2IN4O2. The highest BCUT2D eigenvalue weighted by atomic mass is 127. The van der Waals surface area contributed by atoms with Crippen molar-refractivity contribution in [3.05, 3.63) is 66.0 Å². The normalized spacial score (nSPS) is 11.2. The number of guanidine groups is 1. The van der Waals surface area contributed by atoms with E-state index >= 15 is 0 Å². The summed E-state index contributed by atoms with van der Waals surface area (Å²) < 4.78 is 35.1. The fraction of sp³-hybridized carbons (Fsp3) is 0.238. The molecule has 0 aliphatic rings. The summed E-state index contributed by atoms with van der Waals surface area (Å²) in [6, 6.07) is 14.6. The Bertz CT molecular complexity index is 996. The summed E-state index contributed by atoms with van der Waals surface area (Å²) >= 11 is 0. The number of pyridine rings is 1. The molecule has 160 valence electrons. The topological polar surface area (TPSA) is 67.8 Å². The Balaban J connectivity index is 0.00000320. The molecule has 9 heteroatoms. The van der Waals surface area contributed by atoms with Gasteiger partial charge in [-0.05, 0) is 29.7 Å². The van der Waals surface area contributed by atoms with Crippen molar-refractivity contribution in [2.24, 2.45) is 4.99 Å². The van der Waals surface area contributed by atoms with Crippen molar-refractivity contribution in [2.75, 3.05) is 14.2 Å². The Kier molecular flexibility index (Phi) is 9.03. The molecule has 0 saturated heterocycles. The Hall–Kier alpha value is -2.69. The summed E-state index contributed by atoms with van der Waals surface area (Å²) in [5, 5.41) is 8.45. The number of ether oxygens (including phenoxy) is 2. The lowest BCUT2D eigenvalue weighted by atomic mass is 10.1. The maximum atomic E-state index is 12.7. The quantitative estimate of drug-likeness (QED) is 0.272. The lowest BCUT2D eigenvalue weighted by Gasteiger charge is -2.15. The van der Waals surface area contributed by atoms with Gasteiger partial charge in [-0.15, -0.1) is 24.0 Å². The Morgan fingerprint density at radius 2 is 1.87 bits per heavy atom. The minimum Gasteiger partial charge on any atom is -0.497 e. The Morgan fingerprint density at radius 3 is 2.60 bits per heavy atom. The number of nitrogens with zero attached hydrogens (tertiary/aromatic N) is 2. The second kappa shape index (κ2) is 11.5. The molecule has 0 unspecified atom stereocenters. The van der Waals surface area contributed by atoms with Crippen LogP contribution in [-0.4, -0.2) is 31.7 Å². The van der Waals surface area contributed by atoms with E-state index in [4.69, 9.17) is 4.74 Å². The molecule has 0 spiro atoms. The van der Waals surface area contributed by atoms with Gasteiger partial charge in [-0.3, -0.25) is 9.98 Å². The fourth-order valence-corrected chi connectivity index (χ4v) is 2.92. The molecule has 2 N–H and O–H groups in total. The number of hydrogen-bond donors (Lipinski definition) is 2. The highest BCUT2D eigenvalue weighted by Gasteiger charge is 2.12. The molecule has 0 bridgehead atoms. The maximum Gasteiger partial charge on any atom is 0.387 e. The molecule has 0 atom stereocenters. The van der Waals surface area contributed by atoms with Crippen LogP contribution < -0.4 is 20.1 Å². The van der Waals surface area contributed by atoms with Gasteiger partial charge in [0, 0.05) is 30.7 Å². The van der Waals surface area contributed by atoms with E-state index in [1.54, 1.807) is 25.4 Å². The average molecular weight is 528 g/mol. The van der Waals surface area contributed by atoms with Gasteiger partial charge in [-0.2, -0.15) is 8.78 Å². The molecule has 3 rings (SSSR count). The van der Waals surface area contributed by atoms with Crippen LogP contribution in [0.3, 0.4) is 0 Å². The van der Waals surface area contributed by atoms with Gasteiger partial charge < -0.3 is 20.1 Å². The van der Waals surface area contributed by atoms with Crippen LogP contribution in [-0.2, 0) is 13.1 Å². The number of alkyl halides is 2. The monoisotopic (exact) mass is 528 g/mol. The van der Waals surface area contributed by atoms with Crippen LogP contribution >= 0.6 is 24.0 Å². The molecular weight excluding hydrogens is 505 g/mol. The van der Waals surface area contributed by atoms with Crippen LogP contribution in [0.1, 0.15) is 11.3 Å². The number of fused-ring (bicyclic) bond motifs is 1. The molecule has 30 heavy (non-hydrogen) atoms. The standard InChI is InChI=1S/C21H22F2N4O2.HI/c1-24-21(27-13-18-17-6-4-3-5-14(17)9-10-25-18)26-12-15-11-16(28-2)7-8-19(15)29-20(22)23;/h3-11,20H,12-13H2,1-2H3,(H2,24,26,27);1H. The molecule has 6 nitrogen and oxygen atoms in total. The fourth-order valence-electron chi connectivity index (χ4n) is 2.92.